The Morgan fingerprint density at radius 2 is 1.82 bits per heavy atom. The summed E-state index contributed by atoms with van der Waals surface area (Å²) in [6.45, 7) is 4.16. The van der Waals surface area contributed by atoms with Crippen LogP contribution in [-0.2, 0) is 11.3 Å². The molecular weight excluding hydrogens is 371 g/mol. The van der Waals surface area contributed by atoms with E-state index in [4.69, 9.17) is 5.73 Å². The number of amides is 1. The first-order valence-electron chi connectivity index (χ1n) is 8.81. The number of anilines is 2. The van der Waals surface area contributed by atoms with Gasteiger partial charge in [-0.1, -0.05) is 19.1 Å². The number of nitrogens with zero attached hydrogens (tertiary/aromatic N) is 1. The van der Waals surface area contributed by atoms with Crippen LogP contribution in [0.4, 0.5) is 24.5 Å². The van der Waals surface area contributed by atoms with E-state index in [2.05, 4.69) is 10.1 Å². The fourth-order valence-corrected chi connectivity index (χ4v) is 3.15. The Morgan fingerprint density at radius 3 is 2.39 bits per heavy atom. The van der Waals surface area contributed by atoms with E-state index >= 15 is 0 Å². The lowest BCUT2D eigenvalue weighted by Gasteiger charge is -2.11. The van der Waals surface area contributed by atoms with Crippen molar-refractivity contribution in [3.05, 3.63) is 42.5 Å². The van der Waals surface area contributed by atoms with Crippen molar-refractivity contribution in [2.75, 3.05) is 11.1 Å². The highest BCUT2D eigenvalue weighted by molar-refractivity contribution is 6.01. The molecule has 1 heterocycles. The molecule has 1 aromatic heterocycles. The summed E-state index contributed by atoms with van der Waals surface area (Å²) < 4.78 is 43.5. The largest absolute Gasteiger partial charge is 0.573 e. The smallest absolute Gasteiger partial charge is 0.406 e. The predicted molar refractivity (Wildman–Crippen MR) is 103 cm³/mol. The highest BCUT2D eigenvalue weighted by Gasteiger charge is 2.31. The quantitative estimate of drug-likeness (QED) is 0.631. The van der Waals surface area contributed by atoms with Gasteiger partial charge in [-0.15, -0.1) is 13.2 Å². The van der Waals surface area contributed by atoms with Crippen molar-refractivity contribution < 1.29 is 22.7 Å². The maximum atomic E-state index is 12.5. The van der Waals surface area contributed by atoms with Gasteiger partial charge in [0.15, 0.2) is 0 Å². The van der Waals surface area contributed by atoms with Crippen molar-refractivity contribution >= 4 is 28.2 Å². The first kappa shape index (κ1) is 19.6. The van der Waals surface area contributed by atoms with Gasteiger partial charge in [0.05, 0.1) is 16.9 Å². The zero-order valence-electron chi connectivity index (χ0n) is 15.4. The number of rotatable bonds is 5. The molecule has 0 unspecified atom stereocenters. The fourth-order valence-electron chi connectivity index (χ4n) is 3.15. The lowest BCUT2D eigenvalue weighted by molar-refractivity contribution is -0.274. The Labute approximate surface area is 159 Å². The Bertz CT molecular complexity index is 1010. The molecular formula is C20H20F3N3O2. The minimum atomic E-state index is -4.76. The highest BCUT2D eigenvalue weighted by atomic mass is 19.4. The molecule has 0 aliphatic carbocycles. The number of halogens is 3. The zero-order chi connectivity index (χ0) is 20.5. The van der Waals surface area contributed by atoms with Crippen LogP contribution in [0.15, 0.2) is 42.5 Å². The van der Waals surface area contributed by atoms with Crippen LogP contribution in [-0.4, -0.2) is 16.8 Å². The second-order valence-electron chi connectivity index (χ2n) is 6.21. The molecule has 0 saturated heterocycles. The summed E-state index contributed by atoms with van der Waals surface area (Å²) in [5, 5.41) is 3.42. The molecule has 0 aliphatic heterocycles. The van der Waals surface area contributed by atoms with Gasteiger partial charge in [-0.2, -0.15) is 0 Å². The maximum Gasteiger partial charge on any atom is 0.573 e. The van der Waals surface area contributed by atoms with E-state index in [1.54, 1.807) is 19.1 Å². The van der Waals surface area contributed by atoms with Gasteiger partial charge >= 0.3 is 6.36 Å². The predicted octanol–water partition coefficient (Wildman–Crippen LogP) is 5.16. The molecule has 1 amide bonds. The molecule has 0 bridgehead atoms. The number of alkyl halides is 3. The van der Waals surface area contributed by atoms with Gasteiger partial charge < -0.3 is 20.4 Å². The van der Waals surface area contributed by atoms with Crippen LogP contribution in [0.1, 0.15) is 20.3 Å². The van der Waals surface area contributed by atoms with E-state index in [1.165, 1.54) is 18.2 Å². The summed E-state index contributed by atoms with van der Waals surface area (Å²) in [7, 11) is 0. The molecule has 148 valence electrons. The number of nitrogens with one attached hydrogen (secondary N) is 1. The summed E-state index contributed by atoms with van der Waals surface area (Å²) in [6, 6.07) is 11.3. The standard InChI is InChI=1S/C20H20F3N3O2/c1-3-17(27)25-13-7-5-12(6-8-13)19-18(24)15-10-9-14(28-20(21,22)23)11-16(15)26(19)4-2/h5-11H,3-4,24H2,1-2H3,(H,25,27). The van der Waals surface area contributed by atoms with Gasteiger partial charge in [0.2, 0.25) is 5.91 Å². The summed E-state index contributed by atoms with van der Waals surface area (Å²) in [4.78, 5) is 11.5. The number of hydrogen-bond donors (Lipinski definition) is 2. The molecule has 28 heavy (non-hydrogen) atoms. The highest BCUT2D eigenvalue weighted by Crippen LogP contribution is 2.38. The van der Waals surface area contributed by atoms with E-state index in [0.717, 1.165) is 5.56 Å². The van der Waals surface area contributed by atoms with Crippen LogP contribution in [0, 0.1) is 0 Å². The number of fused-ring (bicyclic) bond motifs is 1. The number of carbonyl (C=O) groups excluding carboxylic acids is 1. The first-order chi connectivity index (χ1) is 13.2. The number of hydrogen-bond acceptors (Lipinski definition) is 3. The molecule has 0 aliphatic rings. The normalized spacial score (nSPS) is 11.6. The van der Waals surface area contributed by atoms with Crippen LogP contribution in [0.2, 0.25) is 0 Å². The molecule has 0 radical (unpaired) electrons. The first-order valence-corrected chi connectivity index (χ1v) is 8.81. The molecule has 8 heteroatoms. The second-order valence-corrected chi connectivity index (χ2v) is 6.21. The Morgan fingerprint density at radius 1 is 1.14 bits per heavy atom. The topological polar surface area (TPSA) is 69.3 Å². The Kier molecular flexibility index (Phi) is 5.22. The van der Waals surface area contributed by atoms with Crippen molar-refractivity contribution in [2.24, 2.45) is 0 Å². The summed E-state index contributed by atoms with van der Waals surface area (Å²) >= 11 is 0. The van der Waals surface area contributed by atoms with Crippen molar-refractivity contribution in [3.63, 3.8) is 0 Å². The number of nitrogens with two attached hydrogens (primary N) is 1. The van der Waals surface area contributed by atoms with Gasteiger partial charge in [-0.05, 0) is 31.2 Å². The summed E-state index contributed by atoms with van der Waals surface area (Å²) in [5.74, 6) is -0.386. The molecule has 0 saturated carbocycles. The van der Waals surface area contributed by atoms with Crippen LogP contribution < -0.4 is 15.8 Å². The Hall–Kier alpha value is -3.16. The van der Waals surface area contributed by atoms with Gasteiger partial charge in [0.25, 0.3) is 0 Å². The van der Waals surface area contributed by atoms with Crippen molar-refractivity contribution in [3.8, 4) is 17.0 Å². The second kappa shape index (κ2) is 7.46. The van der Waals surface area contributed by atoms with Crippen LogP contribution in [0.3, 0.4) is 0 Å². The molecule has 0 spiro atoms. The molecule has 3 rings (SSSR count). The van der Waals surface area contributed by atoms with Gasteiger partial charge in [-0.3, -0.25) is 4.79 Å². The fraction of sp³-hybridized carbons (Fsp3) is 0.250. The van der Waals surface area contributed by atoms with Crippen molar-refractivity contribution in [1.29, 1.82) is 0 Å². The number of aromatic nitrogens is 1. The molecule has 3 aromatic rings. The number of aryl methyl sites for hydroxylation is 1. The summed E-state index contributed by atoms with van der Waals surface area (Å²) in [5.41, 5.74) is 9.50. The third-order valence-electron chi connectivity index (χ3n) is 4.39. The Balaban J connectivity index is 2.05. The molecule has 3 N–H and O–H groups in total. The van der Waals surface area contributed by atoms with Gasteiger partial charge in [0.1, 0.15) is 5.75 Å². The summed E-state index contributed by atoms with van der Waals surface area (Å²) in [6.07, 6.45) is -4.38. The number of ether oxygens (including phenoxy) is 1. The minimum Gasteiger partial charge on any atom is -0.406 e. The minimum absolute atomic E-state index is 0.0906. The lowest BCUT2D eigenvalue weighted by Crippen LogP contribution is -2.17. The maximum absolute atomic E-state index is 12.5. The number of carbonyl (C=O) groups is 1. The van der Waals surface area contributed by atoms with E-state index < -0.39 is 6.36 Å². The van der Waals surface area contributed by atoms with Crippen LogP contribution >= 0.6 is 0 Å². The average Bonchev–Trinajstić information content (AvgIpc) is 2.92. The van der Waals surface area contributed by atoms with E-state index in [9.17, 15) is 18.0 Å². The van der Waals surface area contributed by atoms with E-state index in [-0.39, 0.29) is 11.7 Å². The van der Waals surface area contributed by atoms with Crippen molar-refractivity contribution in [1.82, 2.24) is 4.57 Å². The van der Waals surface area contributed by atoms with Crippen molar-refractivity contribution in [2.45, 2.75) is 33.2 Å². The molecule has 0 fully saturated rings. The average molecular weight is 391 g/mol. The molecule has 5 nitrogen and oxygen atoms in total. The van der Waals surface area contributed by atoms with Crippen LogP contribution in [0.5, 0.6) is 5.75 Å². The number of benzene rings is 2. The van der Waals surface area contributed by atoms with Gasteiger partial charge in [0, 0.05) is 35.7 Å². The zero-order valence-corrected chi connectivity index (χ0v) is 15.4. The molecule has 2 aromatic carbocycles. The van der Waals surface area contributed by atoms with E-state index in [0.29, 0.717) is 40.9 Å². The third kappa shape index (κ3) is 3.90. The monoisotopic (exact) mass is 391 g/mol. The third-order valence-corrected chi connectivity index (χ3v) is 4.39. The lowest BCUT2D eigenvalue weighted by atomic mass is 10.1. The SMILES string of the molecule is CCC(=O)Nc1ccc(-c2c(N)c3ccc(OC(F)(F)F)cc3n2CC)cc1. The van der Waals surface area contributed by atoms with Crippen LogP contribution in [0.25, 0.3) is 22.2 Å². The molecule has 0 atom stereocenters. The van der Waals surface area contributed by atoms with E-state index in [1.807, 2.05) is 23.6 Å². The number of nitrogen functional groups attached to an aromatic ring is 1. The van der Waals surface area contributed by atoms with Gasteiger partial charge in [-0.25, -0.2) is 0 Å².